The molecule has 1 aliphatic rings. The van der Waals surface area contributed by atoms with Gasteiger partial charge in [0.25, 0.3) is 0 Å². The van der Waals surface area contributed by atoms with Crippen LogP contribution >= 0.6 is 0 Å². The molecule has 0 amide bonds. The van der Waals surface area contributed by atoms with Crippen LogP contribution in [0.5, 0.6) is 0 Å². The van der Waals surface area contributed by atoms with Gasteiger partial charge >= 0.3 is 0 Å². The van der Waals surface area contributed by atoms with Crippen LogP contribution in [0, 0.1) is 6.92 Å². The fourth-order valence-corrected chi connectivity index (χ4v) is 3.13. The lowest BCUT2D eigenvalue weighted by Gasteiger charge is -2.22. The molecule has 1 unspecified atom stereocenters. The van der Waals surface area contributed by atoms with Crippen molar-refractivity contribution in [1.29, 1.82) is 0 Å². The third-order valence-electron chi connectivity index (χ3n) is 4.21. The molecule has 0 aromatic heterocycles. The Morgan fingerprint density at radius 2 is 1.95 bits per heavy atom. The minimum absolute atomic E-state index is 0.115. The molecule has 3 rings (SSSR count). The molecule has 2 heteroatoms. The number of aryl methyl sites for hydroxylation is 1. The first-order valence-electron chi connectivity index (χ1n) is 7.28. The Balaban J connectivity index is 1.81. The van der Waals surface area contributed by atoms with Gasteiger partial charge in [-0.2, -0.15) is 0 Å². The fourth-order valence-electron chi connectivity index (χ4n) is 3.13. The van der Waals surface area contributed by atoms with E-state index in [2.05, 4.69) is 60.4 Å². The summed E-state index contributed by atoms with van der Waals surface area (Å²) in [5, 5.41) is 9.56. The van der Waals surface area contributed by atoms with Gasteiger partial charge in [0.05, 0.1) is 6.61 Å². The van der Waals surface area contributed by atoms with Crippen LogP contribution in [0.15, 0.2) is 48.5 Å². The molecule has 1 heterocycles. The maximum absolute atomic E-state index is 9.56. The molecular formula is C18H21NO. The van der Waals surface area contributed by atoms with Crippen molar-refractivity contribution in [3.05, 3.63) is 65.2 Å². The van der Waals surface area contributed by atoms with Crippen molar-refractivity contribution in [2.24, 2.45) is 0 Å². The van der Waals surface area contributed by atoms with Gasteiger partial charge in [0, 0.05) is 30.3 Å². The van der Waals surface area contributed by atoms with Gasteiger partial charge in [-0.05, 0) is 25.0 Å². The van der Waals surface area contributed by atoms with Gasteiger partial charge in [-0.3, -0.25) is 0 Å². The zero-order chi connectivity index (χ0) is 13.9. The number of benzene rings is 2. The second-order valence-corrected chi connectivity index (χ2v) is 5.63. The number of rotatable bonds is 3. The summed E-state index contributed by atoms with van der Waals surface area (Å²) in [5.41, 5.74) is 4.86. The summed E-state index contributed by atoms with van der Waals surface area (Å²) in [6, 6.07) is 17.1. The lowest BCUT2D eigenvalue weighted by atomic mass is 9.99. The number of anilines is 1. The maximum Gasteiger partial charge on any atom is 0.0702 e. The first kappa shape index (κ1) is 13.2. The summed E-state index contributed by atoms with van der Waals surface area (Å²) < 4.78 is 0. The monoisotopic (exact) mass is 267 g/mol. The van der Waals surface area contributed by atoms with Crippen molar-refractivity contribution < 1.29 is 5.11 Å². The minimum atomic E-state index is 0.115. The highest BCUT2D eigenvalue weighted by Crippen LogP contribution is 2.32. The number of aliphatic hydroxyl groups excluding tert-OH is 1. The van der Waals surface area contributed by atoms with Crippen LogP contribution in [-0.2, 0) is 6.61 Å². The SMILES string of the molecule is Cc1ccc(N2CCC(c3ccccc3)C2)c(CO)c1. The summed E-state index contributed by atoms with van der Waals surface area (Å²) in [5.74, 6) is 0.601. The highest BCUT2D eigenvalue weighted by atomic mass is 16.3. The molecule has 0 spiro atoms. The Kier molecular flexibility index (Phi) is 3.75. The van der Waals surface area contributed by atoms with Gasteiger partial charge in [0.15, 0.2) is 0 Å². The van der Waals surface area contributed by atoms with Crippen LogP contribution in [0.4, 0.5) is 5.69 Å². The molecule has 104 valence electrons. The molecule has 0 aliphatic carbocycles. The summed E-state index contributed by atoms with van der Waals surface area (Å²) in [7, 11) is 0. The smallest absolute Gasteiger partial charge is 0.0702 e. The normalized spacial score (nSPS) is 18.5. The number of hydrogen-bond donors (Lipinski definition) is 1. The van der Waals surface area contributed by atoms with Gasteiger partial charge in [0.2, 0.25) is 0 Å². The number of nitrogens with zero attached hydrogens (tertiary/aromatic N) is 1. The molecule has 1 N–H and O–H groups in total. The third-order valence-corrected chi connectivity index (χ3v) is 4.21. The van der Waals surface area contributed by atoms with Crippen molar-refractivity contribution in [2.45, 2.75) is 25.9 Å². The zero-order valence-corrected chi connectivity index (χ0v) is 11.9. The standard InChI is InChI=1S/C18H21NO/c1-14-7-8-18(17(11-14)13-20)19-10-9-16(12-19)15-5-3-2-4-6-15/h2-8,11,16,20H,9-10,12-13H2,1H3. The highest BCUT2D eigenvalue weighted by Gasteiger charge is 2.25. The van der Waals surface area contributed by atoms with Crippen LogP contribution in [-0.4, -0.2) is 18.2 Å². The van der Waals surface area contributed by atoms with Gasteiger partial charge in [-0.1, -0.05) is 48.0 Å². The second kappa shape index (κ2) is 5.68. The van der Waals surface area contributed by atoms with Gasteiger partial charge in [0.1, 0.15) is 0 Å². The van der Waals surface area contributed by atoms with Gasteiger partial charge in [-0.15, -0.1) is 0 Å². The summed E-state index contributed by atoms with van der Waals surface area (Å²) in [4.78, 5) is 2.41. The molecule has 2 nitrogen and oxygen atoms in total. The minimum Gasteiger partial charge on any atom is -0.392 e. The van der Waals surface area contributed by atoms with Gasteiger partial charge < -0.3 is 10.0 Å². The van der Waals surface area contributed by atoms with Crippen LogP contribution < -0.4 is 4.90 Å². The zero-order valence-electron chi connectivity index (χ0n) is 11.9. The summed E-state index contributed by atoms with van der Waals surface area (Å²) in [6.07, 6.45) is 1.18. The van der Waals surface area contributed by atoms with Crippen LogP contribution in [0.3, 0.4) is 0 Å². The predicted molar refractivity (Wildman–Crippen MR) is 83.1 cm³/mol. The van der Waals surface area contributed by atoms with Crippen molar-refractivity contribution >= 4 is 5.69 Å². The van der Waals surface area contributed by atoms with E-state index >= 15 is 0 Å². The third kappa shape index (κ3) is 2.56. The van der Waals surface area contributed by atoms with Crippen molar-refractivity contribution in [2.75, 3.05) is 18.0 Å². The van der Waals surface area contributed by atoms with Crippen molar-refractivity contribution in [1.82, 2.24) is 0 Å². The molecular weight excluding hydrogens is 246 g/mol. The molecule has 1 fully saturated rings. The van der Waals surface area contributed by atoms with Crippen molar-refractivity contribution in [3.63, 3.8) is 0 Å². The van der Waals surface area contributed by atoms with E-state index in [-0.39, 0.29) is 6.61 Å². The molecule has 20 heavy (non-hydrogen) atoms. The van der Waals surface area contributed by atoms with E-state index in [0.29, 0.717) is 5.92 Å². The largest absolute Gasteiger partial charge is 0.392 e. The van der Waals surface area contributed by atoms with Gasteiger partial charge in [-0.25, -0.2) is 0 Å². The molecule has 2 aromatic carbocycles. The lowest BCUT2D eigenvalue weighted by Crippen LogP contribution is -2.20. The fraction of sp³-hybridized carbons (Fsp3) is 0.333. The summed E-state index contributed by atoms with van der Waals surface area (Å²) >= 11 is 0. The number of hydrogen-bond acceptors (Lipinski definition) is 2. The second-order valence-electron chi connectivity index (χ2n) is 5.63. The Morgan fingerprint density at radius 3 is 2.70 bits per heavy atom. The van der Waals surface area contributed by atoms with E-state index in [4.69, 9.17) is 0 Å². The molecule has 2 aromatic rings. The van der Waals surface area contributed by atoms with Crippen LogP contribution in [0.1, 0.15) is 29.0 Å². The Morgan fingerprint density at radius 1 is 1.15 bits per heavy atom. The quantitative estimate of drug-likeness (QED) is 0.920. The molecule has 1 atom stereocenters. The molecule has 0 saturated carbocycles. The van der Waals surface area contributed by atoms with Crippen LogP contribution in [0.2, 0.25) is 0 Å². The molecule has 0 bridgehead atoms. The van der Waals surface area contributed by atoms with Crippen molar-refractivity contribution in [3.8, 4) is 0 Å². The average Bonchev–Trinajstić information content (AvgIpc) is 2.97. The lowest BCUT2D eigenvalue weighted by molar-refractivity contribution is 0.282. The molecule has 0 radical (unpaired) electrons. The molecule has 1 saturated heterocycles. The first-order valence-corrected chi connectivity index (χ1v) is 7.28. The van der Waals surface area contributed by atoms with Crippen LogP contribution in [0.25, 0.3) is 0 Å². The molecule has 1 aliphatic heterocycles. The Hall–Kier alpha value is -1.80. The number of aliphatic hydroxyl groups is 1. The van der Waals surface area contributed by atoms with E-state index in [0.717, 1.165) is 18.7 Å². The van der Waals surface area contributed by atoms with E-state index in [1.807, 2.05) is 0 Å². The highest BCUT2D eigenvalue weighted by molar-refractivity contribution is 5.56. The first-order chi connectivity index (χ1) is 9.78. The van der Waals surface area contributed by atoms with E-state index in [1.54, 1.807) is 0 Å². The van der Waals surface area contributed by atoms with E-state index in [1.165, 1.54) is 23.2 Å². The Labute approximate surface area is 120 Å². The average molecular weight is 267 g/mol. The Bertz CT molecular complexity index is 579. The summed E-state index contributed by atoms with van der Waals surface area (Å²) in [6.45, 7) is 4.29. The van der Waals surface area contributed by atoms with E-state index < -0.39 is 0 Å². The topological polar surface area (TPSA) is 23.5 Å². The predicted octanol–water partition coefficient (Wildman–Crippen LogP) is 3.48. The maximum atomic E-state index is 9.56. The van der Waals surface area contributed by atoms with E-state index in [9.17, 15) is 5.11 Å².